The van der Waals surface area contributed by atoms with E-state index in [9.17, 15) is 9.59 Å². The van der Waals surface area contributed by atoms with Gasteiger partial charge < -0.3 is 16.0 Å². The summed E-state index contributed by atoms with van der Waals surface area (Å²) >= 11 is 0. The van der Waals surface area contributed by atoms with Crippen LogP contribution in [0.1, 0.15) is 91.4 Å². The maximum Gasteiger partial charge on any atom is 0.314 e. The van der Waals surface area contributed by atoms with Crippen molar-refractivity contribution < 1.29 is 9.59 Å². The molecule has 0 unspecified atom stereocenters. The molecule has 0 rings (SSSR count). The Kier molecular flexibility index (Phi) is 17.4. The molecule has 0 aromatic carbocycles. The first-order chi connectivity index (χ1) is 13.6. The number of nitrogens with one attached hydrogen (secondary N) is 4. The zero-order chi connectivity index (χ0) is 21.0. The minimum atomic E-state index is -0.112. The van der Waals surface area contributed by atoms with Crippen molar-refractivity contribution in [3.8, 4) is 0 Å². The fourth-order valence-corrected chi connectivity index (χ4v) is 2.91. The number of urea groups is 1. The molecule has 4 N–H and O–H groups in total. The smallest absolute Gasteiger partial charge is 0.314 e. The summed E-state index contributed by atoms with van der Waals surface area (Å²) in [5.41, 5.74) is 0. The van der Waals surface area contributed by atoms with E-state index < -0.39 is 0 Å². The third-order valence-electron chi connectivity index (χ3n) is 4.74. The van der Waals surface area contributed by atoms with E-state index in [4.69, 9.17) is 5.41 Å². The summed E-state index contributed by atoms with van der Waals surface area (Å²) in [6, 6.07) is 0.157. The highest BCUT2D eigenvalue weighted by atomic mass is 16.2. The average molecular weight is 398 g/mol. The van der Waals surface area contributed by atoms with Crippen LogP contribution in [0.5, 0.6) is 0 Å². The number of hydrogen-bond acceptors (Lipinski definition) is 3. The average Bonchev–Trinajstić information content (AvgIpc) is 2.69. The number of carbonyl (C=O) groups is 2. The lowest BCUT2D eigenvalue weighted by Gasteiger charge is -2.25. The quantitative estimate of drug-likeness (QED) is 0.129. The first-order valence-electron chi connectivity index (χ1n) is 11.2. The van der Waals surface area contributed by atoms with Crippen molar-refractivity contribution in [2.75, 3.05) is 19.6 Å². The number of nitrogens with zero attached hydrogens (tertiary/aromatic N) is 1. The summed E-state index contributed by atoms with van der Waals surface area (Å²) in [7, 11) is 0. The first kappa shape index (κ1) is 26.2. The van der Waals surface area contributed by atoms with Gasteiger partial charge in [-0.1, -0.05) is 52.9 Å². The standard InChI is InChI=1S/C21H43N5O2/c1-4-7-13-19(14-8-5-2)25-20(22)26(18-27)17-12-10-11-16-24-21(28)23-15-9-6-3/h18-19H,4-17H2,1-3H3,(H2,22,25)(H2,23,24,28). The SMILES string of the molecule is CCCCNC(=O)NCCCCCN(C=O)C(=N)NC(CCCC)CCCC. The van der Waals surface area contributed by atoms with Crippen LogP contribution in [-0.4, -0.2) is 49.0 Å². The van der Waals surface area contributed by atoms with Crippen molar-refractivity contribution in [2.45, 2.75) is 97.4 Å². The monoisotopic (exact) mass is 397 g/mol. The molecular formula is C21H43N5O2. The molecule has 0 heterocycles. The van der Waals surface area contributed by atoms with Crippen LogP contribution in [0.4, 0.5) is 4.79 Å². The van der Waals surface area contributed by atoms with E-state index in [0.29, 0.717) is 19.6 Å². The van der Waals surface area contributed by atoms with E-state index in [2.05, 4.69) is 36.7 Å². The Hall–Kier alpha value is -1.79. The van der Waals surface area contributed by atoms with E-state index in [0.717, 1.165) is 77.0 Å². The van der Waals surface area contributed by atoms with Crippen LogP contribution < -0.4 is 16.0 Å². The summed E-state index contributed by atoms with van der Waals surface area (Å²) in [5.74, 6) is 0.209. The summed E-state index contributed by atoms with van der Waals surface area (Å²) in [6.07, 6.45) is 12.0. The summed E-state index contributed by atoms with van der Waals surface area (Å²) < 4.78 is 0. The van der Waals surface area contributed by atoms with Gasteiger partial charge in [-0.3, -0.25) is 15.1 Å². The third kappa shape index (κ3) is 14.3. The molecule has 28 heavy (non-hydrogen) atoms. The van der Waals surface area contributed by atoms with E-state index in [-0.39, 0.29) is 18.0 Å². The highest BCUT2D eigenvalue weighted by molar-refractivity contribution is 5.86. The van der Waals surface area contributed by atoms with Crippen LogP contribution >= 0.6 is 0 Å². The Morgan fingerprint density at radius 2 is 1.46 bits per heavy atom. The van der Waals surface area contributed by atoms with Gasteiger partial charge in [-0.05, 0) is 38.5 Å². The van der Waals surface area contributed by atoms with E-state index in [1.807, 2.05) is 0 Å². The van der Waals surface area contributed by atoms with Crippen LogP contribution in [0.2, 0.25) is 0 Å². The lowest BCUT2D eigenvalue weighted by atomic mass is 10.0. The number of amides is 3. The Balaban J connectivity index is 4.02. The summed E-state index contributed by atoms with van der Waals surface area (Å²) in [4.78, 5) is 24.4. The highest BCUT2D eigenvalue weighted by Crippen LogP contribution is 2.09. The number of guanidine groups is 1. The molecule has 0 aliphatic heterocycles. The van der Waals surface area contributed by atoms with Gasteiger partial charge in [-0.2, -0.15) is 0 Å². The molecule has 0 spiro atoms. The number of hydrogen-bond donors (Lipinski definition) is 4. The predicted molar refractivity (Wildman–Crippen MR) is 117 cm³/mol. The van der Waals surface area contributed by atoms with Crippen molar-refractivity contribution in [1.29, 1.82) is 5.41 Å². The Morgan fingerprint density at radius 1 is 0.893 bits per heavy atom. The molecule has 0 aromatic rings. The van der Waals surface area contributed by atoms with Gasteiger partial charge >= 0.3 is 6.03 Å². The fraction of sp³-hybridized carbons (Fsp3) is 0.857. The zero-order valence-corrected chi connectivity index (χ0v) is 18.3. The summed E-state index contributed by atoms with van der Waals surface area (Å²) in [6.45, 7) is 8.31. The second kappa shape index (κ2) is 18.6. The van der Waals surface area contributed by atoms with Crippen LogP contribution in [0.3, 0.4) is 0 Å². The molecule has 0 bridgehead atoms. The number of carbonyl (C=O) groups excluding carboxylic acids is 2. The Labute approximate surface area is 171 Å². The van der Waals surface area contributed by atoms with Gasteiger partial charge in [0, 0.05) is 25.7 Å². The minimum Gasteiger partial charge on any atom is -0.353 e. The van der Waals surface area contributed by atoms with Crippen LogP contribution in [-0.2, 0) is 4.79 Å². The number of unbranched alkanes of at least 4 members (excludes halogenated alkanes) is 5. The molecule has 0 radical (unpaired) electrons. The van der Waals surface area contributed by atoms with Crippen molar-refractivity contribution >= 4 is 18.4 Å². The number of rotatable bonds is 17. The van der Waals surface area contributed by atoms with Gasteiger partial charge in [0.05, 0.1) is 0 Å². The van der Waals surface area contributed by atoms with Gasteiger partial charge in [-0.15, -0.1) is 0 Å². The van der Waals surface area contributed by atoms with E-state index >= 15 is 0 Å². The molecule has 7 heteroatoms. The first-order valence-corrected chi connectivity index (χ1v) is 11.2. The molecule has 7 nitrogen and oxygen atoms in total. The molecule has 3 amide bonds. The van der Waals surface area contributed by atoms with Gasteiger partial charge in [0.15, 0.2) is 5.96 Å². The normalized spacial score (nSPS) is 10.6. The molecule has 0 aliphatic carbocycles. The van der Waals surface area contributed by atoms with Crippen LogP contribution in [0.25, 0.3) is 0 Å². The van der Waals surface area contributed by atoms with Crippen molar-refractivity contribution in [3.05, 3.63) is 0 Å². The third-order valence-corrected chi connectivity index (χ3v) is 4.74. The second-order valence-electron chi connectivity index (χ2n) is 7.37. The topological polar surface area (TPSA) is 97.3 Å². The zero-order valence-electron chi connectivity index (χ0n) is 18.3. The van der Waals surface area contributed by atoms with Crippen molar-refractivity contribution in [2.24, 2.45) is 0 Å². The predicted octanol–water partition coefficient (Wildman–Crippen LogP) is 3.99. The van der Waals surface area contributed by atoms with E-state index in [1.54, 1.807) is 0 Å². The molecule has 0 atom stereocenters. The highest BCUT2D eigenvalue weighted by Gasteiger charge is 2.14. The molecule has 0 saturated carbocycles. The Morgan fingerprint density at radius 3 is 2.00 bits per heavy atom. The largest absolute Gasteiger partial charge is 0.353 e. The van der Waals surface area contributed by atoms with Crippen molar-refractivity contribution in [3.63, 3.8) is 0 Å². The van der Waals surface area contributed by atoms with E-state index in [1.165, 1.54) is 4.90 Å². The maximum absolute atomic E-state index is 11.5. The molecule has 164 valence electrons. The minimum absolute atomic E-state index is 0.112. The molecular weight excluding hydrogens is 354 g/mol. The molecule has 0 fully saturated rings. The molecule has 0 saturated heterocycles. The fourth-order valence-electron chi connectivity index (χ4n) is 2.91. The van der Waals surface area contributed by atoms with Gasteiger partial charge in [-0.25, -0.2) is 4.79 Å². The van der Waals surface area contributed by atoms with Gasteiger partial charge in [0.1, 0.15) is 0 Å². The van der Waals surface area contributed by atoms with Gasteiger partial charge in [0.25, 0.3) is 0 Å². The lowest BCUT2D eigenvalue weighted by molar-refractivity contribution is -0.115. The Bertz CT molecular complexity index is 410. The second-order valence-corrected chi connectivity index (χ2v) is 7.37. The van der Waals surface area contributed by atoms with Crippen LogP contribution in [0.15, 0.2) is 0 Å². The molecule has 0 aliphatic rings. The molecule has 0 aromatic heterocycles. The van der Waals surface area contributed by atoms with Gasteiger partial charge in [0.2, 0.25) is 6.41 Å². The lowest BCUT2D eigenvalue weighted by Crippen LogP contribution is -2.45. The summed E-state index contributed by atoms with van der Waals surface area (Å²) in [5, 5.41) is 17.1. The van der Waals surface area contributed by atoms with Crippen LogP contribution in [0, 0.1) is 5.41 Å². The van der Waals surface area contributed by atoms with Crippen molar-refractivity contribution in [1.82, 2.24) is 20.9 Å². The maximum atomic E-state index is 11.5.